The smallest absolute Gasteiger partial charge is 0.225 e. The molecule has 3 atom stereocenters. The molecule has 1 N–H and O–H groups in total. The number of imidazole rings is 1. The van der Waals surface area contributed by atoms with Gasteiger partial charge < -0.3 is 14.8 Å². The molecule has 2 amide bonds. The molecule has 224 valence electrons. The molecule has 0 aromatic carbocycles. The van der Waals surface area contributed by atoms with Gasteiger partial charge in [-0.25, -0.2) is 4.98 Å². The average molecular weight is 584 g/mol. The Morgan fingerprint density at radius 1 is 1.07 bits per heavy atom. The van der Waals surface area contributed by atoms with Gasteiger partial charge in [0.1, 0.15) is 5.82 Å². The van der Waals surface area contributed by atoms with E-state index in [0.29, 0.717) is 24.7 Å². The second-order valence-corrected chi connectivity index (χ2v) is 14.2. The Labute approximate surface area is 247 Å². The summed E-state index contributed by atoms with van der Waals surface area (Å²) in [5, 5.41) is 3.15. The molecular formula is C32H46FN5O2S. The van der Waals surface area contributed by atoms with Crippen molar-refractivity contribution in [3.8, 4) is 0 Å². The highest BCUT2D eigenvalue weighted by atomic mass is 32.1. The molecule has 9 heteroatoms. The molecule has 2 aromatic rings. The second kappa shape index (κ2) is 12.2. The van der Waals surface area contributed by atoms with Gasteiger partial charge in [0.2, 0.25) is 11.8 Å². The molecule has 0 radical (unpaired) electrons. The van der Waals surface area contributed by atoms with Gasteiger partial charge in [0.15, 0.2) is 5.13 Å². The zero-order valence-electron chi connectivity index (χ0n) is 24.9. The van der Waals surface area contributed by atoms with Crippen molar-refractivity contribution in [2.45, 2.75) is 122 Å². The lowest BCUT2D eigenvalue weighted by molar-refractivity contribution is -0.135. The van der Waals surface area contributed by atoms with Gasteiger partial charge in [-0.1, -0.05) is 33.1 Å². The van der Waals surface area contributed by atoms with Gasteiger partial charge in [-0.2, -0.15) is 4.39 Å². The van der Waals surface area contributed by atoms with Crippen LogP contribution in [0.15, 0.2) is 12.1 Å². The van der Waals surface area contributed by atoms with Crippen LogP contribution in [-0.2, 0) is 22.6 Å². The van der Waals surface area contributed by atoms with Crippen LogP contribution in [0.2, 0.25) is 0 Å². The van der Waals surface area contributed by atoms with Crippen molar-refractivity contribution in [2.75, 3.05) is 13.1 Å². The molecule has 2 bridgehead atoms. The summed E-state index contributed by atoms with van der Waals surface area (Å²) >= 11 is 1.17. The highest BCUT2D eigenvalue weighted by Gasteiger charge is 2.43. The van der Waals surface area contributed by atoms with Crippen LogP contribution in [-0.4, -0.2) is 56.3 Å². The maximum Gasteiger partial charge on any atom is 0.225 e. The Kier molecular flexibility index (Phi) is 8.55. The summed E-state index contributed by atoms with van der Waals surface area (Å²) in [5.41, 5.74) is 2.41. The molecule has 4 aliphatic rings. The number of thiophene rings is 1. The van der Waals surface area contributed by atoms with Crippen molar-refractivity contribution in [3.63, 3.8) is 0 Å². The minimum atomic E-state index is -0.187. The largest absolute Gasteiger partial charge is 0.348 e. The number of hydrogen-bond acceptors (Lipinski definition) is 5. The Morgan fingerprint density at radius 3 is 2.46 bits per heavy atom. The van der Waals surface area contributed by atoms with Crippen LogP contribution in [0.5, 0.6) is 0 Å². The number of amides is 2. The van der Waals surface area contributed by atoms with E-state index in [0.717, 1.165) is 80.9 Å². The molecule has 7 nitrogen and oxygen atoms in total. The molecule has 41 heavy (non-hydrogen) atoms. The summed E-state index contributed by atoms with van der Waals surface area (Å²) in [4.78, 5) is 36.3. The number of piperidine rings is 1. The van der Waals surface area contributed by atoms with Crippen LogP contribution >= 0.6 is 11.3 Å². The molecule has 3 fully saturated rings. The van der Waals surface area contributed by atoms with Gasteiger partial charge in [-0.15, -0.1) is 11.3 Å². The van der Waals surface area contributed by atoms with Crippen molar-refractivity contribution in [2.24, 2.45) is 11.8 Å². The molecule has 2 unspecified atom stereocenters. The van der Waals surface area contributed by atoms with E-state index < -0.39 is 0 Å². The van der Waals surface area contributed by atoms with Gasteiger partial charge in [0.05, 0.1) is 18.3 Å². The number of nitrogens with one attached hydrogen (secondary N) is 1. The molecular weight excluding hydrogens is 537 g/mol. The molecule has 3 aliphatic heterocycles. The van der Waals surface area contributed by atoms with Crippen molar-refractivity contribution in [1.29, 1.82) is 0 Å². The maximum atomic E-state index is 14.0. The highest BCUT2D eigenvalue weighted by Crippen LogP contribution is 2.43. The summed E-state index contributed by atoms with van der Waals surface area (Å²) in [6.07, 6.45) is 11.8. The summed E-state index contributed by atoms with van der Waals surface area (Å²) in [7, 11) is 0. The summed E-state index contributed by atoms with van der Waals surface area (Å²) in [6, 6.07) is 4.74. The lowest BCUT2D eigenvalue weighted by Crippen LogP contribution is -2.45. The Hall–Kier alpha value is -2.26. The standard InChI is InChI=1S/C32H46FN5O2S/c1-20(2)32(40)36-15-14-28-27(19-36)34-21(3)38(28)25-17-23-9-10-24(18-25)37(23)16-13-26(29-11-12-30(33)41-29)35-31(39)22-7-5-4-6-8-22/h11-12,20,22-26H,4-10,13-19H2,1-3H3,(H,35,39)/t23?,24?,25?,26-/m0/s1. The Bertz CT molecular complexity index is 1240. The number of aryl methyl sites for hydroxylation is 1. The monoisotopic (exact) mass is 583 g/mol. The first kappa shape index (κ1) is 28.8. The quantitative estimate of drug-likeness (QED) is 0.418. The van der Waals surface area contributed by atoms with E-state index >= 15 is 0 Å². The van der Waals surface area contributed by atoms with E-state index in [4.69, 9.17) is 4.98 Å². The number of hydrogen-bond donors (Lipinski definition) is 1. The lowest BCUT2D eigenvalue weighted by Gasteiger charge is -2.41. The van der Waals surface area contributed by atoms with Gasteiger partial charge >= 0.3 is 0 Å². The molecule has 0 spiro atoms. The van der Waals surface area contributed by atoms with Crippen LogP contribution < -0.4 is 5.32 Å². The number of carbonyl (C=O) groups is 2. The number of aromatic nitrogens is 2. The minimum Gasteiger partial charge on any atom is -0.348 e. The maximum absolute atomic E-state index is 14.0. The third kappa shape index (κ3) is 5.99. The summed E-state index contributed by atoms with van der Waals surface area (Å²) in [5.74, 6) is 1.56. The van der Waals surface area contributed by atoms with E-state index in [1.54, 1.807) is 0 Å². The number of fused-ring (bicyclic) bond motifs is 3. The van der Waals surface area contributed by atoms with E-state index in [1.165, 1.54) is 42.4 Å². The predicted molar refractivity (Wildman–Crippen MR) is 159 cm³/mol. The predicted octanol–water partition coefficient (Wildman–Crippen LogP) is 5.93. The molecule has 2 saturated heterocycles. The lowest BCUT2D eigenvalue weighted by atomic mass is 9.88. The zero-order chi connectivity index (χ0) is 28.7. The normalized spacial score (nSPS) is 25.9. The van der Waals surface area contributed by atoms with Gasteiger partial charge in [0.25, 0.3) is 0 Å². The fourth-order valence-electron chi connectivity index (χ4n) is 8.13. The van der Waals surface area contributed by atoms with Crippen LogP contribution in [0.4, 0.5) is 4.39 Å². The third-order valence-electron chi connectivity index (χ3n) is 10.2. The third-order valence-corrected chi connectivity index (χ3v) is 11.2. The fraction of sp³-hybridized carbons (Fsp3) is 0.719. The van der Waals surface area contributed by atoms with Crippen LogP contribution in [0.25, 0.3) is 0 Å². The first-order valence-corrected chi connectivity index (χ1v) is 16.8. The molecule has 1 aliphatic carbocycles. The summed E-state index contributed by atoms with van der Waals surface area (Å²) < 4.78 is 16.5. The Morgan fingerprint density at radius 2 is 1.80 bits per heavy atom. The molecule has 6 rings (SSSR count). The fourth-order valence-corrected chi connectivity index (χ4v) is 8.95. The van der Waals surface area contributed by atoms with E-state index in [2.05, 4.69) is 21.7 Å². The Balaban J connectivity index is 1.11. The number of nitrogens with zero attached hydrogens (tertiary/aromatic N) is 4. The molecule has 1 saturated carbocycles. The van der Waals surface area contributed by atoms with Crippen molar-refractivity contribution in [1.82, 2.24) is 24.7 Å². The first-order chi connectivity index (χ1) is 19.8. The van der Waals surface area contributed by atoms with E-state index in [9.17, 15) is 14.0 Å². The van der Waals surface area contributed by atoms with E-state index in [1.807, 2.05) is 24.8 Å². The van der Waals surface area contributed by atoms with Crippen molar-refractivity contribution >= 4 is 23.2 Å². The zero-order valence-corrected chi connectivity index (χ0v) is 25.7. The van der Waals surface area contributed by atoms with Gasteiger partial charge in [-0.3, -0.25) is 14.5 Å². The number of rotatable bonds is 8. The first-order valence-electron chi connectivity index (χ1n) is 15.9. The average Bonchev–Trinajstić information content (AvgIpc) is 3.61. The second-order valence-electron chi connectivity index (χ2n) is 13.2. The minimum absolute atomic E-state index is 0.0127. The molecule has 2 aromatic heterocycles. The number of halogens is 1. The van der Waals surface area contributed by atoms with Crippen molar-refractivity contribution < 1.29 is 14.0 Å². The SMILES string of the molecule is Cc1nc2c(n1C1CC3CCC(C1)N3CC[C@H](NC(=O)C1CCCCC1)c1ccc(F)s1)CCN(C(=O)C(C)C)C2. The van der Waals surface area contributed by atoms with Crippen LogP contribution in [0, 0.1) is 23.9 Å². The van der Waals surface area contributed by atoms with Crippen molar-refractivity contribution in [3.05, 3.63) is 39.4 Å². The topological polar surface area (TPSA) is 70.5 Å². The van der Waals surface area contributed by atoms with Gasteiger partial charge in [0, 0.05) is 60.0 Å². The summed E-state index contributed by atoms with van der Waals surface area (Å²) in [6.45, 7) is 8.39. The molecule has 5 heterocycles. The van der Waals surface area contributed by atoms with Crippen LogP contribution in [0.3, 0.4) is 0 Å². The van der Waals surface area contributed by atoms with Gasteiger partial charge in [-0.05, 0) is 64.0 Å². The van der Waals surface area contributed by atoms with E-state index in [-0.39, 0.29) is 34.8 Å². The highest BCUT2D eigenvalue weighted by molar-refractivity contribution is 7.10. The number of carbonyl (C=O) groups excluding carboxylic acids is 2. The van der Waals surface area contributed by atoms with Crippen LogP contribution in [0.1, 0.15) is 112 Å².